The topological polar surface area (TPSA) is 64.8 Å². The van der Waals surface area contributed by atoms with E-state index in [2.05, 4.69) is 0 Å². The number of amides is 1. The second kappa shape index (κ2) is 9.57. The van der Waals surface area contributed by atoms with E-state index >= 15 is 0 Å². The van der Waals surface area contributed by atoms with Gasteiger partial charge in [-0.15, -0.1) is 0 Å². The quantitative estimate of drug-likeness (QED) is 0.252. The lowest BCUT2D eigenvalue weighted by atomic mass is 10.2. The first-order valence-corrected chi connectivity index (χ1v) is 12.0. The number of aromatic nitrogens is 1. The van der Waals surface area contributed by atoms with Crippen molar-refractivity contribution in [2.24, 2.45) is 0 Å². The van der Waals surface area contributed by atoms with Gasteiger partial charge < -0.3 is 13.9 Å². The van der Waals surface area contributed by atoms with Gasteiger partial charge in [0.15, 0.2) is 22.2 Å². The summed E-state index contributed by atoms with van der Waals surface area (Å²) in [6.07, 6.45) is 0. The van der Waals surface area contributed by atoms with E-state index in [1.54, 1.807) is 11.0 Å². The molecule has 2 aromatic heterocycles. The zero-order valence-electron chi connectivity index (χ0n) is 19.0. The summed E-state index contributed by atoms with van der Waals surface area (Å²) >= 11 is 1.45. The number of rotatable bonds is 8. The van der Waals surface area contributed by atoms with Crippen LogP contribution in [0.25, 0.3) is 21.2 Å². The van der Waals surface area contributed by atoms with Gasteiger partial charge in [-0.25, -0.2) is 4.98 Å². The molecule has 0 aliphatic carbocycles. The van der Waals surface area contributed by atoms with Crippen LogP contribution in [0.3, 0.4) is 0 Å². The van der Waals surface area contributed by atoms with Gasteiger partial charge in [0.25, 0.3) is 5.91 Å². The molecule has 0 atom stereocenters. The maximum Gasteiger partial charge on any atom is 0.296 e. The van der Waals surface area contributed by atoms with Crippen molar-refractivity contribution in [3.63, 3.8) is 0 Å². The number of furan rings is 1. The van der Waals surface area contributed by atoms with Gasteiger partial charge in [-0.2, -0.15) is 0 Å². The van der Waals surface area contributed by atoms with Gasteiger partial charge in [0.2, 0.25) is 0 Å². The van der Waals surface area contributed by atoms with Gasteiger partial charge in [0, 0.05) is 5.39 Å². The molecule has 0 radical (unpaired) electrons. The molecule has 0 aliphatic heterocycles. The summed E-state index contributed by atoms with van der Waals surface area (Å²) in [5.41, 5.74) is 2.38. The highest BCUT2D eigenvalue weighted by molar-refractivity contribution is 7.22. The van der Waals surface area contributed by atoms with E-state index < -0.39 is 0 Å². The van der Waals surface area contributed by atoms with Crippen molar-refractivity contribution in [2.45, 2.75) is 20.4 Å². The first-order chi connectivity index (χ1) is 16.7. The fourth-order valence-corrected chi connectivity index (χ4v) is 4.79. The van der Waals surface area contributed by atoms with Gasteiger partial charge in [-0.1, -0.05) is 53.8 Å². The average Bonchev–Trinajstić information content (AvgIpc) is 3.48. The van der Waals surface area contributed by atoms with Crippen molar-refractivity contribution in [2.75, 3.05) is 18.1 Å². The number of hydrogen-bond donors (Lipinski definition) is 0. The van der Waals surface area contributed by atoms with Crippen LogP contribution >= 0.6 is 11.3 Å². The highest BCUT2D eigenvalue weighted by Gasteiger charge is 2.25. The molecule has 34 heavy (non-hydrogen) atoms. The largest absolute Gasteiger partial charge is 0.494 e. The molecule has 0 unspecified atom stereocenters. The molecular weight excluding hydrogens is 448 g/mol. The van der Waals surface area contributed by atoms with E-state index in [1.165, 1.54) is 11.3 Å². The van der Waals surface area contributed by atoms with E-state index in [-0.39, 0.29) is 11.7 Å². The number of nitrogens with zero attached hydrogens (tertiary/aromatic N) is 2. The van der Waals surface area contributed by atoms with Crippen molar-refractivity contribution in [1.82, 2.24) is 4.98 Å². The summed E-state index contributed by atoms with van der Waals surface area (Å²) in [7, 11) is 0. The summed E-state index contributed by atoms with van der Waals surface area (Å²) in [6, 6.07) is 23.0. The third-order valence-corrected chi connectivity index (χ3v) is 6.38. The maximum absolute atomic E-state index is 13.8. The maximum atomic E-state index is 13.8. The summed E-state index contributed by atoms with van der Waals surface area (Å²) in [4.78, 5) is 20.2. The third-order valence-electron chi connectivity index (χ3n) is 5.34. The number of thiazole rings is 1. The zero-order chi connectivity index (χ0) is 23.5. The molecule has 0 bridgehead atoms. The van der Waals surface area contributed by atoms with Crippen LogP contribution in [0.15, 0.2) is 77.2 Å². The first kappa shape index (κ1) is 22.0. The molecule has 0 saturated heterocycles. The minimum atomic E-state index is -0.258. The van der Waals surface area contributed by atoms with Gasteiger partial charge in [0.1, 0.15) is 5.75 Å². The van der Waals surface area contributed by atoms with Crippen LogP contribution in [0, 0.1) is 0 Å². The van der Waals surface area contributed by atoms with Crippen LogP contribution in [0.1, 0.15) is 30.0 Å². The van der Waals surface area contributed by atoms with Gasteiger partial charge in [-0.3, -0.25) is 9.69 Å². The lowest BCUT2D eigenvalue weighted by Gasteiger charge is -2.18. The Balaban J connectivity index is 1.56. The Kier molecular flexibility index (Phi) is 6.18. The third kappa shape index (κ3) is 4.34. The molecule has 0 fully saturated rings. The van der Waals surface area contributed by atoms with Crippen LogP contribution in [-0.4, -0.2) is 24.1 Å². The van der Waals surface area contributed by atoms with E-state index in [1.807, 2.05) is 80.6 Å². The number of carbonyl (C=O) groups is 1. The number of carbonyl (C=O) groups excluding carboxylic acids is 1. The average molecular weight is 473 g/mol. The molecule has 7 heteroatoms. The summed E-state index contributed by atoms with van der Waals surface area (Å²) in [5, 5.41) is 1.42. The zero-order valence-corrected chi connectivity index (χ0v) is 19.8. The number of hydrogen-bond acceptors (Lipinski definition) is 6. The first-order valence-electron chi connectivity index (χ1n) is 11.2. The fourth-order valence-electron chi connectivity index (χ4n) is 3.80. The molecule has 0 saturated carbocycles. The minimum absolute atomic E-state index is 0.243. The molecule has 5 aromatic rings. The smallest absolute Gasteiger partial charge is 0.296 e. The molecule has 1 amide bonds. The predicted molar refractivity (Wildman–Crippen MR) is 135 cm³/mol. The van der Waals surface area contributed by atoms with Gasteiger partial charge in [-0.05, 0) is 49.7 Å². The Labute approximate surface area is 201 Å². The lowest BCUT2D eigenvalue weighted by Crippen LogP contribution is -2.30. The molecule has 3 aromatic carbocycles. The molecule has 172 valence electrons. The number of fused-ring (bicyclic) bond motifs is 2. The Bertz CT molecular complexity index is 1440. The highest BCUT2D eigenvalue weighted by atomic mass is 32.1. The van der Waals surface area contributed by atoms with E-state index in [0.29, 0.717) is 36.2 Å². The Morgan fingerprint density at radius 2 is 1.79 bits per heavy atom. The summed E-state index contributed by atoms with van der Waals surface area (Å²) < 4.78 is 18.3. The van der Waals surface area contributed by atoms with Crippen molar-refractivity contribution < 1.29 is 18.7 Å². The van der Waals surface area contributed by atoms with Crippen LogP contribution in [0.4, 0.5) is 5.13 Å². The van der Waals surface area contributed by atoms with Gasteiger partial charge in [0.05, 0.1) is 30.0 Å². The summed E-state index contributed by atoms with van der Waals surface area (Å²) in [5.74, 6) is 1.39. The highest BCUT2D eigenvalue weighted by Crippen LogP contribution is 2.35. The fraction of sp³-hybridized carbons (Fsp3) is 0.185. The van der Waals surface area contributed by atoms with Crippen LogP contribution in [-0.2, 0) is 6.54 Å². The van der Waals surface area contributed by atoms with Crippen molar-refractivity contribution >= 4 is 43.6 Å². The van der Waals surface area contributed by atoms with Crippen molar-refractivity contribution in [3.8, 4) is 11.5 Å². The summed E-state index contributed by atoms with van der Waals surface area (Å²) in [6.45, 7) is 5.34. The second-order valence-corrected chi connectivity index (χ2v) is 8.66. The predicted octanol–water partition coefficient (Wildman–Crippen LogP) is 6.69. The molecular formula is C27H24N2O4S. The van der Waals surface area contributed by atoms with Crippen molar-refractivity contribution in [3.05, 3.63) is 84.1 Å². The lowest BCUT2D eigenvalue weighted by molar-refractivity contribution is 0.0960. The van der Waals surface area contributed by atoms with Crippen LogP contribution in [0.5, 0.6) is 11.5 Å². The Morgan fingerprint density at radius 3 is 2.59 bits per heavy atom. The standard InChI is InChI=1S/C27H24N2O4S/c1-3-31-20-13-14-21-24(16-20)34-27(28-21)29(17-18-9-6-5-7-10-18)26(30)23-15-19-11-8-12-22(32-4-2)25(19)33-23/h5-16H,3-4,17H2,1-2H3. The number of para-hydroxylation sites is 1. The molecule has 2 heterocycles. The molecule has 0 spiro atoms. The number of benzene rings is 3. The molecule has 6 nitrogen and oxygen atoms in total. The van der Waals surface area contributed by atoms with E-state index in [9.17, 15) is 4.79 Å². The number of ether oxygens (including phenoxy) is 2. The second-order valence-electron chi connectivity index (χ2n) is 7.65. The monoisotopic (exact) mass is 472 g/mol. The Morgan fingerprint density at radius 1 is 0.971 bits per heavy atom. The normalized spacial score (nSPS) is 11.1. The molecule has 0 aliphatic rings. The van der Waals surface area contributed by atoms with E-state index in [0.717, 1.165) is 26.9 Å². The van der Waals surface area contributed by atoms with Crippen LogP contribution < -0.4 is 14.4 Å². The number of anilines is 1. The SMILES string of the molecule is CCOc1ccc2nc(N(Cc3ccccc3)C(=O)c3cc4cccc(OCC)c4o3)sc2c1. The minimum Gasteiger partial charge on any atom is -0.494 e. The Hall–Kier alpha value is -3.84. The van der Waals surface area contributed by atoms with E-state index in [4.69, 9.17) is 18.9 Å². The molecule has 5 rings (SSSR count). The van der Waals surface area contributed by atoms with Crippen LogP contribution in [0.2, 0.25) is 0 Å². The molecule has 0 N–H and O–H groups in total. The van der Waals surface area contributed by atoms with Crippen molar-refractivity contribution in [1.29, 1.82) is 0 Å². The van der Waals surface area contributed by atoms with Gasteiger partial charge >= 0.3 is 0 Å².